The summed E-state index contributed by atoms with van der Waals surface area (Å²) in [6.45, 7) is 2.85. The zero-order valence-electron chi connectivity index (χ0n) is 19.2. The summed E-state index contributed by atoms with van der Waals surface area (Å²) in [5.41, 5.74) is 3.78. The third kappa shape index (κ3) is 7.60. The lowest BCUT2D eigenvalue weighted by Crippen LogP contribution is -2.18. The van der Waals surface area contributed by atoms with Crippen molar-refractivity contribution < 1.29 is 19.4 Å². The van der Waals surface area contributed by atoms with Crippen LogP contribution in [0.25, 0.3) is 11.1 Å². The Bertz CT molecular complexity index is 1010. The van der Waals surface area contributed by atoms with Gasteiger partial charge in [0.25, 0.3) is 0 Å². The lowest BCUT2D eigenvalue weighted by Gasteiger charge is -2.12. The number of aliphatic carboxylic acids is 1. The first kappa shape index (κ1) is 24.2. The van der Waals surface area contributed by atoms with Gasteiger partial charge in [0.05, 0.1) is 12.5 Å². The third-order valence-corrected chi connectivity index (χ3v) is 5.80. The minimum atomic E-state index is -0.908. The van der Waals surface area contributed by atoms with Gasteiger partial charge in [-0.3, -0.25) is 9.59 Å². The standard InChI is InChI=1S/C29H32O4/c1-2-3-20-33-27-18-16-24(17-19-27)23-12-14-25(15-13-23)28(30)21-26(29(31)32)11-7-10-22-8-5-4-6-9-22/h4-6,8-9,12-19,26H,2-3,7,10-11,20-21H2,1H3,(H,31,32). The molecule has 0 amide bonds. The Morgan fingerprint density at radius 3 is 2.09 bits per heavy atom. The summed E-state index contributed by atoms with van der Waals surface area (Å²) >= 11 is 0. The number of ketones is 1. The summed E-state index contributed by atoms with van der Waals surface area (Å²) < 4.78 is 5.70. The molecule has 33 heavy (non-hydrogen) atoms. The van der Waals surface area contributed by atoms with Gasteiger partial charge in [0.15, 0.2) is 5.78 Å². The van der Waals surface area contributed by atoms with E-state index < -0.39 is 11.9 Å². The van der Waals surface area contributed by atoms with Crippen molar-refractivity contribution in [2.45, 2.75) is 45.4 Å². The number of carboxylic acids is 1. The Hall–Kier alpha value is -3.40. The van der Waals surface area contributed by atoms with E-state index >= 15 is 0 Å². The molecule has 4 nitrogen and oxygen atoms in total. The molecule has 3 rings (SSSR count). The number of aryl methyl sites for hydroxylation is 1. The molecule has 0 aliphatic rings. The van der Waals surface area contributed by atoms with Gasteiger partial charge in [-0.25, -0.2) is 0 Å². The molecule has 0 radical (unpaired) electrons. The van der Waals surface area contributed by atoms with Crippen LogP contribution < -0.4 is 4.74 Å². The SMILES string of the molecule is CCCCOc1ccc(-c2ccc(C(=O)CC(CCCc3ccccc3)C(=O)O)cc2)cc1. The predicted octanol–water partition coefficient (Wildman–Crippen LogP) is 6.83. The summed E-state index contributed by atoms with van der Waals surface area (Å²) in [6, 6.07) is 25.3. The topological polar surface area (TPSA) is 63.6 Å². The molecule has 0 aromatic heterocycles. The average molecular weight is 445 g/mol. The number of benzene rings is 3. The summed E-state index contributed by atoms with van der Waals surface area (Å²) in [4.78, 5) is 24.4. The molecule has 0 aliphatic carbocycles. The van der Waals surface area contributed by atoms with Gasteiger partial charge in [-0.05, 0) is 54.5 Å². The molecule has 1 unspecified atom stereocenters. The fourth-order valence-corrected chi connectivity index (χ4v) is 3.78. The smallest absolute Gasteiger partial charge is 0.306 e. The molecular weight excluding hydrogens is 412 g/mol. The average Bonchev–Trinajstić information content (AvgIpc) is 2.84. The van der Waals surface area contributed by atoms with Crippen LogP contribution in [0.15, 0.2) is 78.9 Å². The van der Waals surface area contributed by atoms with Crippen LogP contribution in [0.4, 0.5) is 0 Å². The zero-order valence-corrected chi connectivity index (χ0v) is 19.2. The van der Waals surface area contributed by atoms with E-state index in [-0.39, 0.29) is 12.2 Å². The summed E-state index contributed by atoms with van der Waals surface area (Å²) in [5, 5.41) is 9.59. The Morgan fingerprint density at radius 2 is 1.48 bits per heavy atom. The van der Waals surface area contributed by atoms with Crippen molar-refractivity contribution in [3.63, 3.8) is 0 Å². The van der Waals surface area contributed by atoms with E-state index in [2.05, 4.69) is 6.92 Å². The molecule has 3 aromatic carbocycles. The van der Waals surface area contributed by atoms with Gasteiger partial charge in [0.2, 0.25) is 0 Å². The van der Waals surface area contributed by atoms with Crippen molar-refractivity contribution in [3.05, 3.63) is 90.0 Å². The van der Waals surface area contributed by atoms with Crippen molar-refractivity contribution in [2.24, 2.45) is 5.92 Å². The normalized spacial score (nSPS) is 11.7. The number of Topliss-reactive ketones (excluding diaryl/α,β-unsaturated/α-hetero) is 1. The largest absolute Gasteiger partial charge is 0.494 e. The van der Waals surface area contributed by atoms with Crippen LogP contribution in [0.2, 0.25) is 0 Å². The molecule has 0 fully saturated rings. The van der Waals surface area contributed by atoms with Gasteiger partial charge in [-0.2, -0.15) is 0 Å². The molecule has 0 bridgehead atoms. The predicted molar refractivity (Wildman–Crippen MR) is 132 cm³/mol. The maximum atomic E-state index is 12.7. The molecule has 1 N–H and O–H groups in total. The highest BCUT2D eigenvalue weighted by Crippen LogP contribution is 2.24. The molecule has 0 spiro atoms. The van der Waals surface area contributed by atoms with Crippen molar-refractivity contribution in [1.82, 2.24) is 0 Å². The van der Waals surface area contributed by atoms with Gasteiger partial charge < -0.3 is 9.84 Å². The summed E-state index contributed by atoms with van der Waals surface area (Å²) in [7, 11) is 0. The van der Waals surface area contributed by atoms with E-state index in [1.165, 1.54) is 5.56 Å². The van der Waals surface area contributed by atoms with E-state index in [0.29, 0.717) is 12.0 Å². The molecule has 0 saturated heterocycles. The molecule has 0 heterocycles. The minimum Gasteiger partial charge on any atom is -0.494 e. The van der Waals surface area contributed by atoms with Gasteiger partial charge in [0.1, 0.15) is 5.75 Å². The van der Waals surface area contributed by atoms with Crippen molar-refractivity contribution in [3.8, 4) is 16.9 Å². The number of hydrogen-bond donors (Lipinski definition) is 1. The van der Waals surface area contributed by atoms with Gasteiger partial charge in [-0.1, -0.05) is 80.1 Å². The fraction of sp³-hybridized carbons (Fsp3) is 0.310. The maximum absolute atomic E-state index is 12.7. The van der Waals surface area contributed by atoms with Crippen LogP contribution >= 0.6 is 0 Å². The zero-order chi connectivity index (χ0) is 23.5. The number of unbranched alkanes of at least 4 members (excludes halogenated alkanes) is 1. The minimum absolute atomic E-state index is 0.0211. The van der Waals surface area contributed by atoms with Crippen LogP contribution in [-0.2, 0) is 11.2 Å². The van der Waals surface area contributed by atoms with Crippen molar-refractivity contribution >= 4 is 11.8 Å². The van der Waals surface area contributed by atoms with Crippen LogP contribution in [0.3, 0.4) is 0 Å². The Morgan fingerprint density at radius 1 is 0.848 bits per heavy atom. The van der Waals surface area contributed by atoms with Crippen molar-refractivity contribution in [1.29, 1.82) is 0 Å². The number of rotatable bonds is 13. The van der Waals surface area contributed by atoms with Crippen LogP contribution in [0, 0.1) is 5.92 Å². The highest BCUT2D eigenvalue weighted by Gasteiger charge is 2.21. The number of carboxylic acid groups (broad SMARTS) is 1. The molecule has 4 heteroatoms. The van der Waals surface area contributed by atoms with Gasteiger partial charge >= 0.3 is 5.97 Å². The quantitative estimate of drug-likeness (QED) is 0.232. The Labute approximate surface area is 196 Å². The summed E-state index contributed by atoms with van der Waals surface area (Å²) in [6.07, 6.45) is 4.20. The number of hydrogen-bond acceptors (Lipinski definition) is 3. The first-order chi connectivity index (χ1) is 16.1. The molecule has 172 valence electrons. The molecule has 0 aliphatic heterocycles. The van der Waals surface area contributed by atoms with E-state index in [0.717, 1.165) is 49.2 Å². The highest BCUT2D eigenvalue weighted by atomic mass is 16.5. The van der Waals surface area contributed by atoms with E-state index in [9.17, 15) is 14.7 Å². The van der Waals surface area contributed by atoms with Crippen LogP contribution in [0.5, 0.6) is 5.75 Å². The van der Waals surface area contributed by atoms with E-state index in [1.807, 2.05) is 66.7 Å². The maximum Gasteiger partial charge on any atom is 0.306 e. The monoisotopic (exact) mass is 444 g/mol. The van der Waals surface area contributed by atoms with Crippen LogP contribution in [0.1, 0.15) is 54.9 Å². The first-order valence-corrected chi connectivity index (χ1v) is 11.7. The first-order valence-electron chi connectivity index (χ1n) is 11.7. The lowest BCUT2D eigenvalue weighted by atomic mass is 9.92. The fourth-order valence-electron chi connectivity index (χ4n) is 3.78. The van der Waals surface area contributed by atoms with E-state index in [1.54, 1.807) is 12.1 Å². The molecule has 0 saturated carbocycles. The Balaban J connectivity index is 1.55. The second-order valence-corrected chi connectivity index (χ2v) is 8.34. The van der Waals surface area contributed by atoms with Gasteiger partial charge in [-0.15, -0.1) is 0 Å². The van der Waals surface area contributed by atoms with Crippen molar-refractivity contribution in [2.75, 3.05) is 6.61 Å². The Kier molecular flexibility index (Phi) is 9.25. The molecule has 3 aromatic rings. The number of carbonyl (C=O) groups is 2. The highest BCUT2D eigenvalue weighted by molar-refractivity contribution is 5.98. The van der Waals surface area contributed by atoms with Crippen LogP contribution in [-0.4, -0.2) is 23.5 Å². The third-order valence-electron chi connectivity index (χ3n) is 5.80. The number of ether oxygens (including phenoxy) is 1. The molecule has 1 atom stereocenters. The molecular formula is C29H32O4. The summed E-state index contributed by atoms with van der Waals surface area (Å²) in [5.74, 6) is -0.852. The second kappa shape index (κ2) is 12.6. The van der Waals surface area contributed by atoms with Gasteiger partial charge in [0, 0.05) is 12.0 Å². The van der Waals surface area contributed by atoms with E-state index in [4.69, 9.17) is 4.74 Å². The second-order valence-electron chi connectivity index (χ2n) is 8.34. The number of carbonyl (C=O) groups excluding carboxylic acids is 1. The lowest BCUT2D eigenvalue weighted by molar-refractivity contribution is -0.141.